The molecule has 1 amide bonds. The van der Waals surface area contributed by atoms with Crippen LogP contribution in [0.2, 0.25) is 0 Å². The number of nitrogens with one attached hydrogen (secondary N) is 2. The third-order valence-electron chi connectivity index (χ3n) is 2.26. The van der Waals surface area contributed by atoms with E-state index in [0.717, 1.165) is 6.54 Å². The molecule has 1 aromatic rings. The summed E-state index contributed by atoms with van der Waals surface area (Å²) in [6.07, 6.45) is 0. The highest BCUT2D eigenvalue weighted by atomic mass is 35.5. The molecule has 0 atom stereocenters. The second-order valence-corrected chi connectivity index (χ2v) is 3.55. The number of halogens is 3. The average molecular weight is 279 g/mol. The molecule has 1 rings (SSSR count). The molecule has 0 fully saturated rings. The number of amides is 1. The minimum Gasteiger partial charge on any atom is -0.349 e. The predicted molar refractivity (Wildman–Crippen MR) is 69.1 cm³/mol. The Morgan fingerprint density at radius 2 is 1.83 bits per heavy atom. The molecular weight excluding hydrogens is 262 g/mol. The van der Waals surface area contributed by atoms with Crippen LogP contribution in [0.3, 0.4) is 0 Å². The first kappa shape index (κ1) is 16.8. The molecule has 0 aliphatic rings. The van der Waals surface area contributed by atoms with E-state index < -0.39 is 11.8 Å². The molecule has 0 heterocycles. The van der Waals surface area contributed by atoms with Crippen LogP contribution < -0.4 is 10.6 Å². The molecule has 3 nitrogen and oxygen atoms in total. The number of alkyl halides is 2. The molecule has 0 aliphatic carbocycles. The Hall–Kier alpha value is -1.20. The van der Waals surface area contributed by atoms with E-state index in [-0.39, 0.29) is 24.5 Å². The average Bonchev–Trinajstić information content (AvgIpc) is 2.35. The number of benzene rings is 1. The van der Waals surface area contributed by atoms with Crippen LogP contribution >= 0.6 is 12.4 Å². The Kier molecular flexibility index (Phi) is 7.47. The van der Waals surface area contributed by atoms with Crippen LogP contribution in [-0.2, 0) is 10.7 Å². The molecule has 0 bridgehead atoms. The van der Waals surface area contributed by atoms with Crippen LogP contribution in [0.5, 0.6) is 0 Å². The Labute approximate surface area is 111 Å². The quantitative estimate of drug-likeness (QED) is 0.781. The third kappa shape index (κ3) is 4.58. The lowest BCUT2D eigenvalue weighted by molar-refractivity contribution is -0.146. The van der Waals surface area contributed by atoms with Gasteiger partial charge >= 0.3 is 5.92 Å². The molecule has 0 radical (unpaired) electrons. The number of hydrogen-bond acceptors (Lipinski definition) is 2. The van der Waals surface area contributed by atoms with E-state index in [1.807, 2.05) is 6.92 Å². The summed E-state index contributed by atoms with van der Waals surface area (Å²) in [7, 11) is 0. The third-order valence-corrected chi connectivity index (χ3v) is 2.26. The van der Waals surface area contributed by atoms with Gasteiger partial charge in [0.25, 0.3) is 5.91 Å². The topological polar surface area (TPSA) is 41.1 Å². The lowest BCUT2D eigenvalue weighted by atomic mass is 10.1. The van der Waals surface area contributed by atoms with Gasteiger partial charge in [0.1, 0.15) is 0 Å². The van der Waals surface area contributed by atoms with Crippen molar-refractivity contribution in [2.75, 3.05) is 19.6 Å². The molecule has 0 aliphatic heterocycles. The summed E-state index contributed by atoms with van der Waals surface area (Å²) in [5, 5.41) is 5.14. The lowest BCUT2D eigenvalue weighted by Gasteiger charge is -2.16. The number of carbonyl (C=O) groups excluding carboxylic acids is 1. The maximum absolute atomic E-state index is 13.6. The summed E-state index contributed by atoms with van der Waals surface area (Å²) < 4.78 is 27.3. The smallest absolute Gasteiger partial charge is 0.349 e. The van der Waals surface area contributed by atoms with Crippen molar-refractivity contribution in [3.8, 4) is 0 Å². The molecule has 2 N–H and O–H groups in total. The summed E-state index contributed by atoms with van der Waals surface area (Å²) >= 11 is 0. The maximum atomic E-state index is 13.6. The van der Waals surface area contributed by atoms with E-state index in [9.17, 15) is 13.6 Å². The summed E-state index contributed by atoms with van der Waals surface area (Å²) in [5.41, 5.74) is -0.291. The van der Waals surface area contributed by atoms with Crippen molar-refractivity contribution < 1.29 is 13.6 Å². The number of rotatable bonds is 6. The minimum atomic E-state index is -3.48. The van der Waals surface area contributed by atoms with Crippen molar-refractivity contribution in [2.24, 2.45) is 0 Å². The van der Waals surface area contributed by atoms with E-state index in [4.69, 9.17) is 0 Å². The van der Waals surface area contributed by atoms with Crippen LogP contribution in [0.4, 0.5) is 8.78 Å². The standard InChI is InChI=1S/C12H16F2N2O.ClH/c1-2-15-8-9-16-11(17)12(13,14)10-6-4-3-5-7-10;/h3-7,15H,2,8-9H2,1H3,(H,16,17);1H. The Morgan fingerprint density at radius 1 is 1.22 bits per heavy atom. The van der Waals surface area contributed by atoms with Gasteiger partial charge in [-0.15, -0.1) is 12.4 Å². The summed E-state index contributed by atoms with van der Waals surface area (Å²) in [4.78, 5) is 11.3. The molecule has 0 saturated carbocycles. The second-order valence-electron chi connectivity index (χ2n) is 3.55. The molecule has 0 unspecified atom stereocenters. The lowest BCUT2D eigenvalue weighted by Crippen LogP contribution is -2.41. The summed E-state index contributed by atoms with van der Waals surface area (Å²) in [6.45, 7) is 3.31. The van der Waals surface area contributed by atoms with E-state index >= 15 is 0 Å². The largest absolute Gasteiger partial charge is 0.349 e. The first-order valence-corrected chi connectivity index (χ1v) is 5.51. The number of likely N-dealkylation sites (N-methyl/N-ethyl adjacent to an activating group) is 1. The van der Waals surface area contributed by atoms with Gasteiger partial charge < -0.3 is 10.6 Å². The zero-order chi connectivity index (χ0) is 12.7. The van der Waals surface area contributed by atoms with Crippen LogP contribution in [-0.4, -0.2) is 25.5 Å². The monoisotopic (exact) mass is 278 g/mol. The van der Waals surface area contributed by atoms with Gasteiger partial charge in [-0.3, -0.25) is 4.79 Å². The van der Waals surface area contributed by atoms with E-state index in [1.54, 1.807) is 6.07 Å². The zero-order valence-corrected chi connectivity index (χ0v) is 10.9. The number of hydrogen-bond donors (Lipinski definition) is 2. The fourth-order valence-corrected chi connectivity index (χ4v) is 1.33. The second kappa shape index (κ2) is 8.00. The van der Waals surface area contributed by atoms with Gasteiger partial charge in [-0.05, 0) is 6.54 Å². The van der Waals surface area contributed by atoms with E-state index in [0.29, 0.717) is 6.54 Å². The molecule has 0 aromatic heterocycles. The van der Waals surface area contributed by atoms with E-state index in [1.165, 1.54) is 24.3 Å². The van der Waals surface area contributed by atoms with Crippen molar-refractivity contribution in [1.29, 1.82) is 0 Å². The first-order chi connectivity index (χ1) is 8.09. The van der Waals surface area contributed by atoms with Crippen LogP contribution in [0, 0.1) is 0 Å². The van der Waals surface area contributed by atoms with Crippen molar-refractivity contribution in [3.63, 3.8) is 0 Å². The Balaban J connectivity index is 0.00000289. The highest BCUT2D eigenvalue weighted by Gasteiger charge is 2.40. The van der Waals surface area contributed by atoms with Crippen LogP contribution in [0.1, 0.15) is 12.5 Å². The van der Waals surface area contributed by atoms with Gasteiger partial charge in [-0.25, -0.2) is 0 Å². The Bertz CT molecular complexity index is 360. The fraction of sp³-hybridized carbons (Fsp3) is 0.417. The highest BCUT2D eigenvalue weighted by molar-refractivity contribution is 5.85. The molecule has 102 valence electrons. The number of carbonyl (C=O) groups is 1. The Morgan fingerprint density at radius 3 is 2.39 bits per heavy atom. The van der Waals surface area contributed by atoms with Gasteiger partial charge in [-0.1, -0.05) is 37.3 Å². The summed E-state index contributed by atoms with van der Waals surface area (Å²) in [5.74, 6) is -4.74. The van der Waals surface area contributed by atoms with Crippen LogP contribution in [0.25, 0.3) is 0 Å². The van der Waals surface area contributed by atoms with Crippen LogP contribution in [0.15, 0.2) is 30.3 Å². The molecule has 6 heteroatoms. The van der Waals surface area contributed by atoms with Gasteiger partial charge in [-0.2, -0.15) is 8.78 Å². The molecular formula is C12H17ClF2N2O. The molecule has 1 aromatic carbocycles. The van der Waals surface area contributed by atoms with Crippen molar-refractivity contribution in [1.82, 2.24) is 10.6 Å². The summed E-state index contributed by atoms with van der Waals surface area (Å²) in [6, 6.07) is 7.07. The SMILES string of the molecule is CCNCCNC(=O)C(F)(F)c1ccccc1.Cl. The highest BCUT2D eigenvalue weighted by Crippen LogP contribution is 2.27. The fourth-order valence-electron chi connectivity index (χ4n) is 1.33. The van der Waals surface area contributed by atoms with Gasteiger partial charge in [0.05, 0.1) is 0 Å². The van der Waals surface area contributed by atoms with Gasteiger partial charge in [0.2, 0.25) is 0 Å². The minimum absolute atomic E-state index is 0. The van der Waals surface area contributed by atoms with Crippen molar-refractivity contribution in [2.45, 2.75) is 12.8 Å². The predicted octanol–water partition coefficient (Wildman–Crippen LogP) is 1.93. The molecule has 0 spiro atoms. The van der Waals surface area contributed by atoms with Gasteiger partial charge in [0, 0.05) is 18.7 Å². The molecule has 0 saturated heterocycles. The maximum Gasteiger partial charge on any atom is 0.349 e. The zero-order valence-electron chi connectivity index (χ0n) is 10.1. The molecule has 18 heavy (non-hydrogen) atoms. The van der Waals surface area contributed by atoms with Crippen molar-refractivity contribution >= 4 is 18.3 Å². The van der Waals surface area contributed by atoms with Crippen molar-refractivity contribution in [3.05, 3.63) is 35.9 Å². The first-order valence-electron chi connectivity index (χ1n) is 5.51. The van der Waals surface area contributed by atoms with Gasteiger partial charge in [0.15, 0.2) is 0 Å². The normalized spacial score (nSPS) is 10.6. The van der Waals surface area contributed by atoms with E-state index in [2.05, 4.69) is 10.6 Å².